The summed E-state index contributed by atoms with van der Waals surface area (Å²) in [6.45, 7) is 7.76. The lowest BCUT2D eigenvalue weighted by Gasteiger charge is -2.08. The molecule has 0 bridgehead atoms. The Morgan fingerprint density at radius 1 is 0.875 bits per heavy atom. The number of aromatic nitrogens is 1. The van der Waals surface area contributed by atoms with Crippen LogP contribution in [0.5, 0.6) is 0 Å². The zero-order valence-corrected chi connectivity index (χ0v) is 14.7. The first kappa shape index (κ1) is 19.7. The smallest absolute Gasteiger partial charge is 0.355 e. The lowest BCUT2D eigenvalue weighted by Crippen LogP contribution is -2.14. The van der Waals surface area contributed by atoms with Gasteiger partial charge in [0.15, 0.2) is 0 Å². The standard InChI is InChI=1S/C17H25NO6/c1-5-22-14(19)9-8-12-11(4)18-16(17(21)24-7-3)13(12)10-15(20)23-6-2/h18H,5-10H2,1-4H3. The first-order valence-electron chi connectivity index (χ1n) is 8.13. The van der Waals surface area contributed by atoms with Crippen LogP contribution in [-0.2, 0) is 36.6 Å². The van der Waals surface area contributed by atoms with E-state index in [1.807, 2.05) is 0 Å². The average molecular weight is 339 g/mol. The zero-order chi connectivity index (χ0) is 18.1. The first-order chi connectivity index (χ1) is 11.4. The number of hydrogen-bond acceptors (Lipinski definition) is 6. The summed E-state index contributed by atoms with van der Waals surface area (Å²) in [5.74, 6) is -1.28. The predicted molar refractivity (Wildman–Crippen MR) is 86.8 cm³/mol. The van der Waals surface area contributed by atoms with E-state index in [1.165, 1.54) is 0 Å². The summed E-state index contributed by atoms with van der Waals surface area (Å²) in [4.78, 5) is 38.5. The van der Waals surface area contributed by atoms with Crippen molar-refractivity contribution < 1.29 is 28.6 Å². The third kappa shape index (κ3) is 5.40. The molecule has 7 nitrogen and oxygen atoms in total. The number of carbonyl (C=O) groups excluding carboxylic acids is 3. The number of ether oxygens (including phenoxy) is 3. The van der Waals surface area contributed by atoms with Gasteiger partial charge >= 0.3 is 17.9 Å². The Morgan fingerprint density at radius 3 is 2.04 bits per heavy atom. The zero-order valence-electron chi connectivity index (χ0n) is 14.7. The second kappa shape index (κ2) is 9.75. The second-order valence-corrected chi connectivity index (χ2v) is 5.09. The number of carbonyl (C=O) groups is 3. The molecule has 0 radical (unpaired) electrons. The van der Waals surface area contributed by atoms with Gasteiger partial charge in [0.25, 0.3) is 0 Å². The van der Waals surface area contributed by atoms with Gasteiger partial charge in [-0.1, -0.05) is 0 Å². The number of hydrogen-bond donors (Lipinski definition) is 1. The Hall–Kier alpha value is -2.31. The minimum Gasteiger partial charge on any atom is -0.466 e. The van der Waals surface area contributed by atoms with Crippen molar-refractivity contribution in [3.05, 3.63) is 22.5 Å². The number of H-pyrrole nitrogens is 1. The van der Waals surface area contributed by atoms with Crippen LogP contribution in [0.15, 0.2) is 0 Å². The van der Waals surface area contributed by atoms with E-state index in [-0.39, 0.29) is 37.7 Å². The van der Waals surface area contributed by atoms with Gasteiger partial charge < -0.3 is 19.2 Å². The fraction of sp³-hybridized carbons (Fsp3) is 0.588. The molecule has 0 aliphatic heterocycles. The van der Waals surface area contributed by atoms with E-state index in [4.69, 9.17) is 14.2 Å². The van der Waals surface area contributed by atoms with E-state index in [0.29, 0.717) is 18.6 Å². The molecule has 0 saturated carbocycles. The van der Waals surface area contributed by atoms with Gasteiger partial charge in [-0.25, -0.2) is 4.79 Å². The Balaban J connectivity index is 3.08. The molecule has 0 amide bonds. The van der Waals surface area contributed by atoms with Crippen molar-refractivity contribution in [1.82, 2.24) is 4.98 Å². The fourth-order valence-corrected chi connectivity index (χ4v) is 2.44. The minimum absolute atomic E-state index is 0.0511. The Kier molecular flexibility index (Phi) is 8.01. The largest absolute Gasteiger partial charge is 0.466 e. The van der Waals surface area contributed by atoms with Crippen LogP contribution in [-0.4, -0.2) is 42.7 Å². The molecule has 1 N–H and O–H groups in total. The molecular weight excluding hydrogens is 314 g/mol. The van der Waals surface area contributed by atoms with Crippen LogP contribution in [0.2, 0.25) is 0 Å². The van der Waals surface area contributed by atoms with Crippen molar-refractivity contribution in [3.8, 4) is 0 Å². The summed E-state index contributed by atoms with van der Waals surface area (Å²) in [6.07, 6.45) is 0.490. The molecule has 1 aromatic heterocycles. The fourth-order valence-electron chi connectivity index (χ4n) is 2.44. The van der Waals surface area contributed by atoms with Gasteiger partial charge in [0.1, 0.15) is 5.69 Å². The molecule has 1 rings (SSSR count). The summed E-state index contributed by atoms with van der Waals surface area (Å²) >= 11 is 0. The molecule has 0 saturated heterocycles. The lowest BCUT2D eigenvalue weighted by molar-refractivity contribution is -0.143. The summed E-state index contributed by atoms with van der Waals surface area (Å²) in [5.41, 5.74) is 2.23. The van der Waals surface area contributed by atoms with Crippen LogP contribution in [0.4, 0.5) is 0 Å². The second-order valence-electron chi connectivity index (χ2n) is 5.09. The molecule has 0 unspecified atom stereocenters. The molecule has 134 valence electrons. The molecule has 0 aliphatic carbocycles. The molecule has 0 aromatic carbocycles. The highest BCUT2D eigenvalue weighted by molar-refractivity contribution is 5.91. The molecule has 24 heavy (non-hydrogen) atoms. The van der Waals surface area contributed by atoms with Crippen molar-refractivity contribution in [2.45, 2.75) is 47.0 Å². The van der Waals surface area contributed by atoms with Gasteiger partial charge in [-0.05, 0) is 45.2 Å². The molecule has 7 heteroatoms. The molecule has 0 atom stereocenters. The van der Waals surface area contributed by atoms with E-state index in [0.717, 1.165) is 11.3 Å². The van der Waals surface area contributed by atoms with Crippen LogP contribution < -0.4 is 0 Å². The van der Waals surface area contributed by atoms with Gasteiger partial charge in [0.05, 0.1) is 26.2 Å². The van der Waals surface area contributed by atoms with E-state index in [9.17, 15) is 14.4 Å². The van der Waals surface area contributed by atoms with Gasteiger partial charge in [-0.15, -0.1) is 0 Å². The topological polar surface area (TPSA) is 94.7 Å². The maximum atomic E-state index is 12.1. The molecule has 1 aromatic rings. The first-order valence-corrected chi connectivity index (χ1v) is 8.13. The summed E-state index contributed by atoms with van der Waals surface area (Å²) in [5, 5.41) is 0. The van der Waals surface area contributed by atoms with E-state index in [1.54, 1.807) is 27.7 Å². The molecular formula is C17H25NO6. The van der Waals surface area contributed by atoms with E-state index in [2.05, 4.69) is 4.98 Å². The van der Waals surface area contributed by atoms with Crippen LogP contribution in [0.3, 0.4) is 0 Å². The van der Waals surface area contributed by atoms with Crippen molar-refractivity contribution in [2.75, 3.05) is 19.8 Å². The molecule has 1 heterocycles. The summed E-state index contributed by atoms with van der Waals surface area (Å²) in [7, 11) is 0. The van der Waals surface area contributed by atoms with Gasteiger partial charge in [0.2, 0.25) is 0 Å². The Bertz CT molecular complexity index is 590. The highest BCUT2D eigenvalue weighted by atomic mass is 16.5. The SMILES string of the molecule is CCOC(=O)CCc1c(C)[nH]c(C(=O)OCC)c1CC(=O)OCC. The monoisotopic (exact) mass is 339 g/mol. The minimum atomic E-state index is -0.526. The normalized spacial score (nSPS) is 10.3. The summed E-state index contributed by atoms with van der Waals surface area (Å²) < 4.78 is 14.9. The quantitative estimate of drug-likeness (QED) is 0.547. The Morgan fingerprint density at radius 2 is 1.46 bits per heavy atom. The maximum Gasteiger partial charge on any atom is 0.355 e. The molecule has 0 spiro atoms. The lowest BCUT2D eigenvalue weighted by atomic mass is 10.0. The van der Waals surface area contributed by atoms with Crippen molar-refractivity contribution >= 4 is 17.9 Å². The van der Waals surface area contributed by atoms with E-state index >= 15 is 0 Å². The predicted octanol–water partition coefficient (Wildman–Crippen LogP) is 2.10. The van der Waals surface area contributed by atoms with Crippen LogP contribution >= 0.6 is 0 Å². The van der Waals surface area contributed by atoms with Crippen molar-refractivity contribution in [3.63, 3.8) is 0 Å². The van der Waals surface area contributed by atoms with Crippen LogP contribution in [0.1, 0.15) is 54.5 Å². The third-order valence-corrected chi connectivity index (χ3v) is 3.42. The number of nitrogens with one attached hydrogen (secondary N) is 1. The van der Waals surface area contributed by atoms with Crippen molar-refractivity contribution in [2.24, 2.45) is 0 Å². The van der Waals surface area contributed by atoms with Crippen molar-refractivity contribution in [1.29, 1.82) is 0 Å². The number of rotatable bonds is 9. The number of esters is 3. The highest BCUT2D eigenvalue weighted by Gasteiger charge is 2.24. The molecule has 0 aliphatic rings. The number of aryl methyl sites for hydroxylation is 1. The third-order valence-electron chi connectivity index (χ3n) is 3.42. The highest BCUT2D eigenvalue weighted by Crippen LogP contribution is 2.23. The van der Waals surface area contributed by atoms with Gasteiger partial charge in [0, 0.05) is 12.1 Å². The maximum absolute atomic E-state index is 12.1. The summed E-state index contributed by atoms with van der Waals surface area (Å²) in [6, 6.07) is 0. The van der Waals surface area contributed by atoms with Gasteiger partial charge in [-0.3, -0.25) is 9.59 Å². The Labute approximate surface area is 141 Å². The molecule has 0 fully saturated rings. The van der Waals surface area contributed by atoms with Crippen LogP contribution in [0, 0.1) is 6.92 Å². The average Bonchev–Trinajstić information content (AvgIpc) is 2.82. The van der Waals surface area contributed by atoms with Crippen LogP contribution in [0.25, 0.3) is 0 Å². The van der Waals surface area contributed by atoms with Gasteiger partial charge in [-0.2, -0.15) is 0 Å². The van der Waals surface area contributed by atoms with E-state index < -0.39 is 11.9 Å². The number of aromatic amines is 1.